The summed E-state index contributed by atoms with van der Waals surface area (Å²) in [6.45, 7) is 2.49. The van der Waals surface area contributed by atoms with Gasteiger partial charge in [-0.05, 0) is 42.9 Å². The molecule has 0 bridgehead atoms. The van der Waals surface area contributed by atoms with Crippen LogP contribution < -0.4 is 9.47 Å². The minimum absolute atomic E-state index is 0.0321. The molecule has 0 aliphatic rings. The Balaban J connectivity index is 1.24. The van der Waals surface area contributed by atoms with Crippen LogP contribution in [0.2, 0.25) is 0 Å². The molecule has 43 heavy (non-hydrogen) atoms. The summed E-state index contributed by atoms with van der Waals surface area (Å²) in [7, 11) is 2.92. The van der Waals surface area contributed by atoms with Crippen molar-refractivity contribution in [3.8, 4) is 23.0 Å². The molecule has 0 saturated heterocycles. The predicted molar refractivity (Wildman–Crippen MR) is 173 cm³/mol. The highest BCUT2D eigenvalue weighted by molar-refractivity contribution is 5.65. The molecule has 0 unspecified atom stereocenters. The summed E-state index contributed by atoms with van der Waals surface area (Å²) in [5, 5.41) is 21.1. The molecular formula is C38H46O5. The van der Waals surface area contributed by atoms with Crippen molar-refractivity contribution in [1.82, 2.24) is 0 Å². The smallest absolute Gasteiger partial charge is 0.207 e. The average molecular weight is 583 g/mol. The van der Waals surface area contributed by atoms with Gasteiger partial charge in [0.2, 0.25) is 11.5 Å². The molecule has 0 spiro atoms. The number of aromatic hydroxyl groups is 2. The van der Waals surface area contributed by atoms with Crippen molar-refractivity contribution >= 4 is 0 Å². The Morgan fingerprint density at radius 1 is 0.535 bits per heavy atom. The van der Waals surface area contributed by atoms with Crippen molar-refractivity contribution in [2.75, 3.05) is 20.8 Å². The third-order valence-corrected chi connectivity index (χ3v) is 8.32. The van der Waals surface area contributed by atoms with E-state index in [0.29, 0.717) is 18.6 Å². The summed E-state index contributed by atoms with van der Waals surface area (Å²) in [6, 6.07) is 31.6. The van der Waals surface area contributed by atoms with Gasteiger partial charge in [-0.15, -0.1) is 0 Å². The van der Waals surface area contributed by atoms with Crippen LogP contribution in [-0.2, 0) is 16.8 Å². The van der Waals surface area contributed by atoms with Gasteiger partial charge in [-0.25, -0.2) is 0 Å². The van der Waals surface area contributed by atoms with E-state index in [1.54, 1.807) is 6.92 Å². The van der Waals surface area contributed by atoms with Crippen molar-refractivity contribution in [2.45, 2.75) is 70.3 Å². The highest BCUT2D eigenvalue weighted by Gasteiger charge is 2.37. The fraction of sp³-hybridized carbons (Fsp3) is 0.368. The second kappa shape index (κ2) is 16.0. The molecule has 0 amide bonds. The molecule has 4 aromatic rings. The van der Waals surface area contributed by atoms with Gasteiger partial charge in [-0.1, -0.05) is 130 Å². The normalized spacial score (nSPS) is 11.4. The summed E-state index contributed by atoms with van der Waals surface area (Å²) >= 11 is 0. The Morgan fingerprint density at radius 2 is 0.930 bits per heavy atom. The van der Waals surface area contributed by atoms with Crippen LogP contribution in [0.25, 0.3) is 0 Å². The van der Waals surface area contributed by atoms with E-state index in [-0.39, 0.29) is 23.0 Å². The van der Waals surface area contributed by atoms with E-state index in [4.69, 9.17) is 14.2 Å². The topological polar surface area (TPSA) is 68.2 Å². The van der Waals surface area contributed by atoms with Gasteiger partial charge in [0.05, 0.1) is 14.2 Å². The molecule has 4 rings (SSSR count). The van der Waals surface area contributed by atoms with Crippen LogP contribution in [0.1, 0.15) is 79.2 Å². The third kappa shape index (κ3) is 7.52. The number of rotatable bonds is 17. The van der Waals surface area contributed by atoms with Crippen LogP contribution in [0, 0.1) is 6.92 Å². The van der Waals surface area contributed by atoms with E-state index in [9.17, 15) is 10.2 Å². The minimum Gasteiger partial charge on any atom is -0.504 e. The number of phenolic OH excluding ortho intramolecular Hbond substituents is 2. The molecule has 0 aromatic heterocycles. The SMILES string of the molecule is COc1c(O)c(C)c(CCCCCCCCCCOC(c2ccccc2)(c2ccccc2)c2ccccc2)c(O)c1OC. The van der Waals surface area contributed by atoms with Gasteiger partial charge in [-0.2, -0.15) is 0 Å². The zero-order valence-electron chi connectivity index (χ0n) is 25.9. The van der Waals surface area contributed by atoms with Crippen LogP contribution >= 0.6 is 0 Å². The first-order valence-electron chi connectivity index (χ1n) is 15.5. The lowest BCUT2D eigenvalue weighted by Crippen LogP contribution is -2.33. The van der Waals surface area contributed by atoms with Gasteiger partial charge in [0.15, 0.2) is 11.5 Å². The van der Waals surface area contributed by atoms with Crippen molar-refractivity contribution in [3.63, 3.8) is 0 Å². The fourth-order valence-corrected chi connectivity index (χ4v) is 5.99. The van der Waals surface area contributed by atoms with E-state index >= 15 is 0 Å². The molecule has 0 saturated carbocycles. The number of benzene rings is 4. The second-order valence-electron chi connectivity index (χ2n) is 11.1. The average Bonchev–Trinajstić information content (AvgIpc) is 3.06. The van der Waals surface area contributed by atoms with Gasteiger partial charge in [0, 0.05) is 17.7 Å². The molecule has 0 radical (unpaired) electrons. The van der Waals surface area contributed by atoms with Crippen molar-refractivity contribution in [1.29, 1.82) is 0 Å². The Morgan fingerprint density at radius 3 is 1.37 bits per heavy atom. The maximum atomic E-state index is 10.7. The molecule has 5 nitrogen and oxygen atoms in total. The summed E-state index contributed by atoms with van der Waals surface area (Å²) in [5.74, 6) is 0.466. The summed E-state index contributed by atoms with van der Waals surface area (Å²) in [4.78, 5) is 0. The number of ether oxygens (including phenoxy) is 3. The molecule has 0 heterocycles. The van der Waals surface area contributed by atoms with Crippen molar-refractivity contribution in [3.05, 3.63) is 119 Å². The standard InChI is InChI=1S/C38H46O5/c1-29-33(35(40)37(42-3)36(41-2)34(29)39)27-19-8-6-4-5-7-9-20-28-43-38(30-21-13-10-14-22-30,31-23-15-11-16-24-31)32-25-17-12-18-26-32/h10-18,21-26,39-40H,4-9,19-20,27-28H2,1-3H3. The molecule has 228 valence electrons. The third-order valence-electron chi connectivity index (χ3n) is 8.32. The van der Waals surface area contributed by atoms with E-state index in [1.807, 2.05) is 0 Å². The number of methoxy groups -OCH3 is 2. The lowest BCUT2D eigenvalue weighted by atomic mass is 9.80. The number of hydrogen-bond acceptors (Lipinski definition) is 5. The maximum Gasteiger partial charge on any atom is 0.207 e. The lowest BCUT2D eigenvalue weighted by molar-refractivity contribution is 0.0106. The van der Waals surface area contributed by atoms with Gasteiger partial charge in [-0.3, -0.25) is 0 Å². The molecule has 0 aliphatic heterocycles. The first-order chi connectivity index (χ1) is 21.0. The molecule has 0 aliphatic carbocycles. The van der Waals surface area contributed by atoms with Crippen molar-refractivity contribution in [2.24, 2.45) is 0 Å². The highest BCUT2D eigenvalue weighted by Crippen LogP contribution is 2.48. The van der Waals surface area contributed by atoms with Crippen LogP contribution in [-0.4, -0.2) is 31.0 Å². The minimum atomic E-state index is -0.652. The summed E-state index contributed by atoms with van der Waals surface area (Å²) in [5.41, 5.74) is 4.14. The molecule has 5 heteroatoms. The Labute approximate surface area is 257 Å². The van der Waals surface area contributed by atoms with Gasteiger partial charge in [0.25, 0.3) is 0 Å². The van der Waals surface area contributed by atoms with Gasteiger partial charge >= 0.3 is 0 Å². The zero-order valence-corrected chi connectivity index (χ0v) is 25.9. The van der Waals surface area contributed by atoms with Crippen LogP contribution in [0.5, 0.6) is 23.0 Å². The zero-order chi connectivity index (χ0) is 30.5. The molecule has 0 fully saturated rings. The number of phenols is 2. The number of unbranched alkanes of at least 4 members (excludes halogenated alkanes) is 7. The summed E-state index contributed by atoms with van der Waals surface area (Å²) < 4.78 is 17.4. The molecular weight excluding hydrogens is 536 g/mol. The first-order valence-corrected chi connectivity index (χ1v) is 15.5. The number of hydrogen-bond donors (Lipinski definition) is 2. The highest BCUT2D eigenvalue weighted by atomic mass is 16.5. The first kappa shape index (κ1) is 32.0. The lowest BCUT2D eigenvalue weighted by Gasteiger charge is -2.36. The van der Waals surface area contributed by atoms with E-state index in [2.05, 4.69) is 91.0 Å². The van der Waals surface area contributed by atoms with Crippen molar-refractivity contribution < 1.29 is 24.4 Å². The van der Waals surface area contributed by atoms with Crippen LogP contribution in [0.3, 0.4) is 0 Å². The van der Waals surface area contributed by atoms with E-state index in [1.165, 1.54) is 33.5 Å². The predicted octanol–water partition coefficient (Wildman–Crippen LogP) is 9.10. The van der Waals surface area contributed by atoms with E-state index in [0.717, 1.165) is 54.4 Å². The molecule has 4 aromatic carbocycles. The molecule has 0 atom stereocenters. The quantitative estimate of drug-likeness (QED) is 0.0738. The monoisotopic (exact) mass is 582 g/mol. The van der Waals surface area contributed by atoms with Crippen LogP contribution in [0.4, 0.5) is 0 Å². The Hall–Kier alpha value is -3.96. The molecule has 2 N–H and O–H groups in total. The maximum absolute atomic E-state index is 10.7. The fourth-order valence-electron chi connectivity index (χ4n) is 5.99. The Kier molecular flexibility index (Phi) is 11.9. The Bertz CT molecular complexity index is 1290. The second-order valence-corrected chi connectivity index (χ2v) is 11.1. The van der Waals surface area contributed by atoms with E-state index < -0.39 is 5.60 Å². The van der Waals surface area contributed by atoms with Gasteiger partial charge < -0.3 is 24.4 Å². The summed E-state index contributed by atoms with van der Waals surface area (Å²) in [6.07, 6.45) is 9.56. The van der Waals surface area contributed by atoms with Crippen LogP contribution in [0.15, 0.2) is 91.0 Å². The largest absolute Gasteiger partial charge is 0.504 e. The van der Waals surface area contributed by atoms with Gasteiger partial charge in [0.1, 0.15) is 5.60 Å².